The number of urea groups is 1. The number of amides is 3. The summed E-state index contributed by atoms with van der Waals surface area (Å²) < 4.78 is 0. The fourth-order valence-electron chi connectivity index (χ4n) is 1.76. The Balaban J connectivity index is 0.00000256. The molecule has 1 aliphatic heterocycles. The van der Waals surface area contributed by atoms with Crippen molar-refractivity contribution in [2.45, 2.75) is 25.9 Å². The second-order valence-corrected chi connectivity index (χ2v) is 4.09. The summed E-state index contributed by atoms with van der Waals surface area (Å²) in [5.74, 6) is -0.256. The molecule has 3 N–H and O–H groups in total. The molecule has 1 fully saturated rings. The molecule has 17 heavy (non-hydrogen) atoms. The van der Waals surface area contributed by atoms with Crippen LogP contribution in [-0.2, 0) is 4.79 Å². The van der Waals surface area contributed by atoms with E-state index in [0.29, 0.717) is 6.04 Å². The molecule has 2 atom stereocenters. The van der Waals surface area contributed by atoms with Crippen LogP contribution < -0.4 is 16.0 Å². The monoisotopic (exact) mass is 264 g/mol. The van der Waals surface area contributed by atoms with E-state index in [0.717, 1.165) is 19.6 Å². The van der Waals surface area contributed by atoms with E-state index in [2.05, 4.69) is 27.8 Å². The lowest BCUT2D eigenvalue weighted by Crippen LogP contribution is -2.56. The van der Waals surface area contributed by atoms with E-state index >= 15 is 0 Å². The summed E-state index contributed by atoms with van der Waals surface area (Å²) in [5.41, 5.74) is 0. The third kappa shape index (κ3) is 4.89. The first kappa shape index (κ1) is 16.1. The Morgan fingerprint density at radius 3 is 2.65 bits per heavy atom. The first-order chi connectivity index (χ1) is 7.54. The van der Waals surface area contributed by atoms with E-state index in [1.807, 2.05) is 6.92 Å². The largest absolute Gasteiger partial charge is 0.341 e. The number of carbonyl (C=O) groups excluding carboxylic acids is 2. The van der Waals surface area contributed by atoms with E-state index in [-0.39, 0.29) is 24.4 Å². The van der Waals surface area contributed by atoms with Gasteiger partial charge in [0.1, 0.15) is 0 Å². The van der Waals surface area contributed by atoms with Gasteiger partial charge in [0.05, 0.1) is 6.04 Å². The molecule has 0 aromatic carbocycles. The molecule has 1 heterocycles. The average molecular weight is 265 g/mol. The van der Waals surface area contributed by atoms with Crippen molar-refractivity contribution in [2.75, 3.05) is 26.7 Å². The summed E-state index contributed by atoms with van der Waals surface area (Å²) in [6, 6.07) is -0.356. The molecule has 2 unspecified atom stereocenters. The van der Waals surface area contributed by atoms with Gasteiger partial charge in [-0.3, -0.25) is 15.0 Å². The molecule has 0 spiro atoms. The van der Waals surface area contributed by atoms with E-state index < -0.39 is 6.03 Å². The van der Waals surface area contributed by atoms with Gasteiger partial charge in [-0.15, -0.1) is 12.4 Å². The maximum atomic E-state index is 11.7. The molecule has 100 valence electrons. The van der Waals surface area contributed by atoms with Crippen LogP contribution in [0.4, 0.5) is 4.79 Å². The molecular weight excluding hydrogens is 244 g/mol. The van der Waals surface area contributed by atoms with Crippen LogP contribution in [0.25, 0.3) is 0 Å². The normalized spacial score (nSPS) is 22.2. The number of hydrogen-bond donors (Lipinski definition) is 3. The summed E-state index contributed by atoms with van der Waals surface area (Å²) in [6.07, 6.45) is 0. The van der Waals surface area contributed by atoms with Gasteiger partial charge in [0.25, 0.3) is 0 Å². The van der Waals surface area contributed by atoms with Crippen molar-refractivity contribution < 1.29 is 9.59 Å². The SMILES string of the molecule is CNC(=O)NC(=O)C(C)N1CCNC(C)C1.Cl. The van der Waals surface area contributed by atoms with Gasteiger partial charge in [0, 0.05) is 32.7 Å². The van der Waals surface area contributed by atoms with Crippen LogP contribution >= 0.6 is 12.4 Å². The smallest absolute Gasteiger partial charge is 0.321 e. The second kappa shape index (κ2) is 7.47. The molecule has 1 aliphatic rings. The zero-order chi connectivity index (χ0) is 12.1. The molecule has 0 aromatic heterocycles. The molecule has 0 saturated carbocycles. The standard InChI is InChI=1S/C10H20N4O2.ClH/c1-7-6-14(5-4-12-7)8(2)9(15)13-10(16)11-3;/h7-8,12H,4-6H2,1-3H3,(H2,11,13,15,16);1H. The van der Waals surface area contributed by atoms with Gasteiger partial charge in [-0.1, -0.05) is 0 Å². The van der Waals surface area contributed by atoms with Crippen LogP contribution in [0.1, 0.15) is 13.8 Å². The predicted octanol–water partition coefficient (Wildman–Crippen LogP) is -0.454. The Morgan fingerprint density at radius 2 is 2.12 bits per heavy atom. The van der Waals surface area contributed by atoms with Crippen molar-refractivity contribution in [2.24, 2.45) is 0 Å². The Kier molecular flexibility index (Phi) is 7.10. The van der Waals surface area contributed by atoms with Crippen molar-refractivity contribution in [3.05, 3.63) is 0 Å². The lowest BCUT2D eigenvalue weighted by molar-refractivity contribution is -0.125. The lowest BCUT2D eigenvalue weighted by Gasteiger charge is -2.35. The minimum absolute atomic E-state index is 0. The molecule has 7 heteroatoms. The maximum Gasteiger partial charge on any atom is 0.321 e. The van der Waals surface area contributed by atoms with Gasteiger partial charge in [0.15, 0.2) is 0 Å². The molecule has 0 radical (unpaired) electrons. The Labute approximate surface area is 108 Å². The van der Waals surface area contributed by atoms with Gasteiger partial charge in [-0.2, -0.15) is 0 Å². The predicted molar refractivity (Wildman–Crippen MR) is 68.3 cm³/mol. The van der Waals surface area contributed by atoms with Gasteiger partial charge in [-0.25, -0.2) is 4.79 Å². The van der Waals surface area contributed by atoms with Gasteiger partial charge in [0.2, 0.25) is 5.91 Å². The quantitative estimate of drug-likeness (QED) is 0.632. The molecule has 6 nitrogen and oxygen atoms in total. The number of rotatable bonds is 2. The molecule has 3 amide bonds. The van der Waals surface area contributed by atoms with Gasteiger partial charge >= 0.3 is 6.03 Å². The number of imide groups is 1. The molecule has 0 aliphatic carbocycles. The Morgan fingerprint density at radius 1 is 1.47 bits per heavy atom. The fraction of sp³-hybridized carbons (Fsp3) is 0.800. The highest BCUT2D eigenvalue weighted by atomic mass is 35.5. The van der Waals surface area contributed by atoms with Crippen molar-refractivity contribution >= 4 is 24.3 Å². The summed E-state index contributed by atoms with van der Waals surface area (Å²) in [4.78, 5) is 24.8. The zero-order valence-electron chi connectivity index (χ0n) is 10.4. The number of carbonyl (C=O) groups is 2. The van der Waals surface area contributed by atoms with E-state index in [4.69, 9.17) is 0 Å². The van der Waals surface area contributed by atoms with Crippen LogP contribution in [-0.4, -0.2) is 55.6 Å². The van der Waals surface area contributed by atoms with E-state index in [9.17, 15) is 9.59 Å². The number of halogens is 1. The molecule has 0 bridgehead atoms. The molecule has 1 saturated heterocycles. The number of nitrogens with zero attached hydrogens (tertiary/aromatic N) is 1. The minimum Gasteiger partial charge on any atom is -0.341 e. The van der Waals surface area contributed by atoms with E-state index in [1.165, 1.54) is 7.05 Å². The Hall–Kier alpha value is -0.850. The van der Waals surface area contributed by atoms with Gasteiger partial charge < -0.3 is 10.6 Å². The third-order valence-electron chi connectivity index (χ3n) is 2.79. The number of piperazine rings is 1. The molecular formula is C10H21ClN4O2. The van der Waals surface area contributed by atoms with E-state index in [1.54, 1.807) is 0 Å². The topological polar surface area (TPSA) is 73.5 Å². The lowest BCUT2D eigenvalue weighted by atomic mass is 10.1. The highest BCUT2D eigenvalue weighted by Crippen LogP contribution is 2.04. The molecule has 0 aromatic rings. The highest BCUT2D eigenvalue weighted by Gasteiger charge is 2.25. The van der Waals surface area contributed by atoms with Crippen LogP contribution in [0.15, 0.2) is 0 Å². The van der Waals surface area contributed by atoms with Crippen molar-refractivity contribution in [3.63, 3.8) is 0 Å². The summed E-state index contributed by atoms with van der Waals surface area (Å²) in [7, 11) is 1.49. The summed E-state index contributed by atoms with van der Waals surface area (Å²) >= 11 is 0. The van der Waals surface area contributed by atoms with Crippen LogP contribution in [0.3, 0.4) is 0 Å². The van der Waals surface area contributed by atoms with Crippen LogP contribution in [0.2, 0.25) is 0 Å². The average Bonchev–Trinajstić information content (AvgIpc) is 2.27. The van der Waals surface area contributed by atoms with Crippen molar-refractivity contribution in [1.29, 1.82) is 0 Å². The maximum absolute atomic E-state index is 11.7. The fourth-order valence-corrected chi connectivity index (χ4v) is 1.76. The number of nitrogens with one attached hydrogen (secondary N) is 3. The van der Waals surface area contributed by atoms with Crippen LogP contribution in [0, 0.1) is 0 Å². The molecule has 1 rings (SSSR count). The third-order valence-corrected chi connectivity index (χ3v) is 2.79. The first-order valence-corrected chi connectivity index (χ1v) is 5.54. The summed E-state index contributed by atoms with van der Waals surface area (Å²) in [5, 5.41) is 7.96. The zero-order valence-corrected chi connectivity index (χ0v) is 11.3. The second-order valence-electron chi connectivity index (χ2n) is 4.09. The Bertz CT molecular complexity index is 275. The highest BCUT2D eigenvalue weighted by molar-refractivity contribution is 5.96. The van der Waals surface area contributed by atoms with Gasteiger partial charge in [-0.05, 0) is 13.8 Å². The number of hydrogen-bond acceptors (Lipinski definition) is 4. The van der Waals surface area contributed by atoms with Crippen LogP contribution in [0.5, 0.6) is 0 Å². The van der Waals surface area contributed by atoms with Crippen molar-refractivity contribution in [3.8, 4) is 0 Å². The summed E-state index contributed by atoms with van der Waals surface area (Å²) in [6.45, 7) is 6.42. The first-order valence-electron chi connectivity index (χ1n) is 5.54. The van der Waals surface area contributed by atoms with Crippen molar-refractivity contribution in [1.82, 2.24) is 20.9 Å². The minimum atomic E-state index is -0.458.